The molecule has 0 amide bonds. The second-order valence-corrected chi connectivity index (χ2v) is 2.04. The highest BCUT2D eigenvalue weighted by atomic mass is 16.5. The summed E-state index contributed by atoms with van der Waals surface area (Å²) in [6.45, 7) is 2.25. The van der Waals surface area contributed by atoms with Gasteiger partial charge in [-0.05, 0) is 0 Å². The van der Waals surface area contributed by atoms with E-state index in [-0.39, 0.29) is 24.6 Å². The minimum absolute atomic E-state index is 0.0135. The molecule has 0 fully saturated rings. The zero-order valence-corrected chi connectivity index (χ0v) is 8.10. The van der Waals surface area contributed by atoms with Crippen LogP contribution in [0.2, 0.25) is 0 Å². The van der Waals surface area contributed by atoms with Crippen LogP contribution < -0.4 is 11.1 Å². The molecule has 1 aromatic rings. The van der Waals surface area contributed by atoms with Crippen LogP contribution in [0.3, 0.4) is 0 Å². The maximum atomic E-state index is 8.00. The molecule has 0 aromatic carbocycles. The number of nitrogens with two attached hydrogens (primary N) is 1. The number of rotatable bonds is 4. The van der Waals surface area contributed by atoms with E-state index in [1.54, 1.807) is 0 Å². The fourth-order valence-corrected chi connectivity index (χ4v) is 0.646. The molecule has 0 radical (unpaired) electrons. The first-order valence-electron chi connectivity index (χ1n) is 3.67. The van der Waals surface area contributed by atoms with Gasteiger partial charge in [0, 0.05) is 7.11 Å². The first kappa shape index (κ1) is 12.8. The third-order valence-corrected chi connectivity index (χ3v) is 1.12. The van der Waals surface area contributed by atoms with Crippen LogP contribution in [0.25, 0.3) is 0 Å². The quantitative estimate of drug-likeness (QED) is 0.470. The summed E-state index contributed by atoms with van der Waals surface area (Å²) < 4.78 is 4.73. The Bertz CT molecular complexity index is 318. The molecule has 0 saturated carbocycles. The Labute approximate surface area is 85.6 Å². The minimum Gasteiger partial charge on any atom is -0.368 e. The molecule has 9 nitrogen and oxygen atoms in total. The van der Waals surface area contributed by atoms with Gasteiger partial charge >= 0.3 is 0 Å². The fraction of sp³-hybridized carbons (Fsp3) is 0.333. The Morgan fingerprint density at radius 3 is 2.73 bits per heavy atom. The lowest BCUT2D eigenvalue weighted by molar-refractivity contribution is -0.0979. The Morgan fingerprint density at radius 2 is 2.20 bits per heavy atom. The van der Waals surface area contributed by atoms with E-state index in [4.69, 9.17) is 20.8 Å². The highest BCUT2D eigenvalue weighted by Gasteiger charge is 2.01. The Morgan fingerprint density at radius 1 is 1.53 bits per heavy atom. The van der Waals surface area contributed by atoms with Crippen molar-refractivity contribution in [1.82, 2.24) is 15.0 Å². The predicted octanol–water partition coefficient (Wildman–Crippen LogP) is -0.0528. The van der Waals surface area contributed by atoms with Gasteiger partial charge in [0.2, 0.25) is 11.9 Å². The summed E-state index contributed by atoms with van der Waals surface area (Å²) >= 11 is 0. The van der Waals surface area contributed by atoms with E-state index in [2.05, 4.69) is 25.4 Å². The molecule has 0 unspecified atom stereocenters. The minimum atomic E-state index is -0.0360. The largest absolute Gasteiger partial charge is 0.368 e. The van der Waals surface area contributed by atoms with Crippen molar-refractivity contribution < 1.29 is 9.53 Å². The van der Waals surface area contributed by atoms with E-state index in [1.807, 2.05) is 6.79 Å². The zero-order valence-electron chi connectivity index (χ0n) is 8.10. The molecule has 82 valence electrons. The van der Waals surface area contributed by atoms with Crippen LogP contribution in [0.5, 0.6) is 0 Å². The molecule has 1 rings (SSSR count). The summed E-state index contributed by atoms with van der Waals surface area (Å²) in [6, 6.07) is 0. The normalized spacial score (nSPS) is 8.60. The third-order valence-electron chi connectivity index (χ3n) is 1.12. The molecule has 1 heterocycles. The topological polar surface area (TPSA) is 139 Å². The van der Waals surface area contributed by atoms with Gasteiger partial charge in [0.1, 0.15) is 13.5 Å². The molecule has 0 aliphatic carbocycles. The zero-order chi connectivity index (χ0) is 11.7. The van der Waals surface area contributed by atoms with Crippen molar-refractivity contribution >= 4 is 24.6 Å². The van der Waals surface area contributed by atoms with E-state index in [0.717, 1.165) is 0 Å². The molecule has 1 aromatic heterocycles. The lowest BCUT2D eigenvalue weighted by Crippen LogP contribution is -2.08. The third kappa shape index (κ3) is 4.57. The lowest BCUT2D eigenvalue weighted by Gasteiger charge is -2.02. The summed E-state index contributed by atoms with van der Waals surface area (Å²) in [7, 11) is 1.52. The number of carbonyl (C=O) groups is 1. The number of ether oxygens (including phenoxy) is 1. The van der Waals surface area contributed by atoms with Gasteiger partial charge in [-0.3, -0.25) is 0 Å². The predicted molar refractivity (Wildman–Crippen MR) is 51.7 cm³/mol. The SMILES string of the molecule is C=O.COCNc1nc(N)nc(N=N)n1. The number of anilines is 2. The summed E-state index contributed by atoms with van der Waals surface area (Å²) in [4.78, 5) is 19.1. The van der Waals surface area contributed by atoms with Gasteiger partial charge in [-0.1, -0.05) is 0 Å². The van der Waals surface area contributed by atoms with Gasteiger partial charge in [-0.2, -0.15) is 15.0 Å². The highest BCUT2D eigenvalue weighted by molar-refractivity contribution is 5.35. The van der Waals surface area contributed by atoms with Crippen molar-refractivity contribution in [1.29, 1.82) is 5.53 Å². The van der Waals surface area contributed by atoms with E-state index >= 15 is 0 Å². The highest BCUT2D eigenvalue weighted by Crippen LogP contribution is 2.08. The smallest absolute Gasteiger partial charge is 0.274 e. The molecule has 4 N–H and O–H groups in total. The van der Waals surface area contributed by atoms with Gasteiger partial charge in [-0.25, -0.2) is 5.53 Å². The van der Waals surface area contributed by atoms with Crippen LogP contribution in [-0.4, -0.2) is 35.6 Å². The first-order chi connectivity index (χ1) is 7.26. The van der Waals surface area contributed by atoms with Gasteiger partial charge in [-0.15, -0.1) is 5.11 Å². The molecular weight excluding hydrogens is 202 g/mol. The monoisotopic (exact) mass is 213 g/mol. The van der Waals surface area contributed by atoms with Crippen LogP contribution in [0, 0.1) is 5.53 Å². The Hall–Kier alpha value is -2.16. The second kappa shape index (κ2) is 7.26. The number of nitrogens with zero attached hydrogens (tertiary/aromatic N) is 4. The molecule has 0 saturated heterocycles. The number of nitrogens with one attached hydrogen (secondary N) is 2. The number of hydrogen-bond donors (Lipinski definition) is 3. The van der Waals surface area contributed by atoms with E-state index in [1.165, 1.54) is 7.11 Å². The average Bonchev–Trinajstić information content (AvgIpc) is 2.28. The number of methoxy groups -OCH3 is 1. The Balaban J connectivity index is 0.000000921. The summed E-state index contributed by atoms with van der Waals surface area (Å²) in [5.74, 6) is 0.214. The number of hydrogen-bond acceptors (Lipinski definition) is 9. The van der Waals surface area contributed by atoms with Gasteiger partial charge in [0.15, 0.2) is 0 Å². The number of carbonyl (C=O) groups excluding carboxylic acids is 1. The van der Waals surface area contributed by atoms with Crippen LogP contribution >= 0.6 is 0 Å². The molecule has 0 aliphatic heterocycles. The van der Waals surface area contributed by atoms with Crippen molar-refractivity contribution in [2.75, 3.05) is 24.9 Å². The van der Waals surface area contributed by atoms with Crippen molar-refractivity contribution in [3.05, 3.63) is 0 Å². The molecule has 15 heavy (non-hydrogen) atoms. The molecule has 0 spiro atoms. The molecule has 0 bridgehead atoms. The molecule has 9 heteroatoms. The van der Waals surface area contributed by atoms with E-state index < -0.39 is 0 Å². The van der Waals surface area contributed by atoms with Crippen LogP contribution in [0.15, 0.2) is 5.11 Å². The summed E-state index contributed by atoms with van der Waals surface area (Å²) in [5.41, 5.74) is 12.0. The summed E-state index contributed by atoms with van der Waals surface area (Å²) in [6.07, 6.45) is 0. The van der Waals surface area contributed by atoms with Gasteiger partial charge in [0.05, 0.1) is 0 Å². The fourth-order valence-electron chi connectivity index (χ4n) is 0.646. The molecule has 0 atom stereocenters. The second-order valence-electron chi connectivity index (χ2n) is 2.04. The number of aromatic nitrogens is 3. The van der Waals surface area contributed by atoms with Gasteiger partial charge in [0.25, 0.3) is 5.95 Å². The average molecular weight is 213 g/mol. The van der Waals surface area contributed by atoms with Crippen molar-refractivity contribution in [2.24, 2.45) is 5.11 Å². The maximum Gasteiger partial charge on any atom is 0.274 e. The number of nitrogen functional groups attached to an aromatic ring is 1. The van der Waals surface area contributed by atoms with E-state index in [0.29, 0.717) is 0 Å². The molecular formula is C6H11N7O2. The Kier molecular flexibility index (Phi) is 6.22. The van der Waals surface area contributed by atoms with Crippen molar-refractivity contribution in [2.45, 2.75) is 0 Å². The van der Waals surface area contributed by atoms with Crippen LogP contribution in [0.4, 0.5) is 17.8 Å². The van der Waals surface area contributed by atoms with Crippen molar-refractivity contribution in [3.8, 4) is 0 Å². The molecule has 0 aliphatic rings. The van der Waals surface area contributed by atoms with Gasteiger partial charge < -0.3 is 20.6 Å². The maximum absolute atomic E-state index is 8.00. The standard InChI is InChI=1S/C5H9N7O.CH2O/c1-13-2-8-4-9-3(6)10-5(11-4)12-7;1-2/h7H,2H2,1H3,(H3,6,8,9,10,11);1H2. The summed E-state index contributed by atoms with van der Waals surface area (Å²) in [5, 5.41) is 5.73. The van der Waals surface area contributed by atoms with Crippen LogP contribution in [-0.2, 0) is 9.53 Å². The van der Waals surface area contributed by atoms with Crippen LogP contribution in [0.1, 0.15) is 0 Å². The lowest BCUT2D eigenvalue weighted by atomic mass is 10.8. The first-order valence-corrected chi connectivity index (χ1v) is 3.67. The van der Waals surface area contributed by atoms with Crippen molar-refractivity contribution in [3.63, 3.8) is 0 Å². The van der Waals surface area contributed by atoms with E-state index in [9.17, 15) is 0 Å².